The maximum atomic E-state index is 13.1. The van der Waals surface area contributed by atoms with E-state index in [1.165, 1.54) is 33.6 Å². The van der Waals surface area contributed by atoms with E-state index in [0.29, 0.717) is 11.4 Å². The second-order valence-corrected chi connectivity index (χ2v) is 10.2. The molecule has 3 aromatic heterocycles. The van der Waals surface area contributed by atoms with E-state index in [-0.39, 0.29) is 5.91 Å². The van der Waals surface area contributed by atoms with Crippen LogP contribution < -0.4 is 10.6 Å². The summed E-state index contributed by atoms with van der Waals surface area (Å²) >= 11 is 1.44. The summed E-state index contributed by atoms with van der Waals surface area (Å²) in [6, 6.07) is 23.1. The van der Waals surface area contributed by atoms with Crippen LogP contribution in [-0.4, -0.2) is 33.9 Å². The highest BCUT2D eigenvalue weighted by Crippen LogP contribution is 2.29. The number of rotatable bonds is 10. The van der Waals surface area contributed by atoms with Gasteiger partial charge in [0.1, 0.15) is 10.5 Å². The lowest BCUT2D eigenvalue weighted by atomic mass is 10.1. The lowest BCUT2D eigenvalue weighted by Crippen LogP contribution is -2.34. The van der Waals surface area contributed by atoms with Crippen LogP contribution in [0.5, 0.6) is 0 Å². The molecule has 5 aromatic rings. The number of carbonyl (C=O) groups excluding carboxylic acids is 1. The van der Waals surface area contributed by atoms with Crippen molar-refractivity contribution in [2.45, 2.75) is 26.9 Å². The largest absolute Gasteiger partial charge is 0.354 e. The fourth-order valence-electron chi connectivity index (χ4n) is 4.56. The van der Waals surface area contributed by atoms with Crippen LogP contribution in [0.3, 0.4) is 0 Å². The van der Waals surface area contributed by atoms with E-state index in [0.717, 1.165) is 42.0 Å². The molecule has 7 heteroatoms. The van der Waals surface area contributed by atoms with Crippen molar-refractivity contribution in [1.82, 2.24) is 20.2 Å². The van der Waals surface area contributed by atoms with Crippen molar-refractivity contribution in [1.29, 1.82) is 0 Å². The van der Waals surface area contributed by atoms with Gasteiger partial charge in [0.15, 0.2) is 0 Å². The predicted molar refractivity (Wildman–Crippen MR) is 153 cm³/mol. The summed E-state index contributed by atoms with van der Waals surface area (Å²) in [5.74, 6) is -0.0667. The van der Waals surface area contributed by atoms with Crippen LogP contribution in [0.1, 0.15) is 31.9 Å². The fourth-order valence-corrected chi connectivity index (χ4v) is 5.32. The lowest BCUT2D eigenvalue weighted by molar-refractivity contribution is 0.0952. The Morgan fingerprint density at radius 2 is 1.68 bits per heavy atom. The molecule has 3 heterocycles. The molecule has 0 radical (unpaired) electrons. The summed E-state index contributed by atoms with van der Waals surface area (Å²) in [5.41, 5.74) is 7.59. The molecule has 3 N–H and O–H groups in total. The number of benzene rings is 2. The molecule has 5 rings (SSSR count). The zero-order chi connectivity index (χ0) is 25.6. The Bertz CT molecular complexity index is 1460. The number of nitrogens with one attached hydrogen (secondary N) is 3. The molecule has 0 aliphatic heterocycles. The third kappa shape index (κ3) is 6.25. The number of fused-ring (bicyclic) bond motifs is 1. The third-order valence-electron chi connectivity index (χ3n) is 6.29. The number of nitrogens with zero attached hydrogens (tertiary/aromatic N) is 2. The lowest BCUT2D eigenvalue weighted by Gasteiger charge is -2.23. The first-order chi connectivity index (χ1) is 18.0. The fraction of sp³-hybridized carbons (Fsp3) is 0.200. The van der Waals surface area contributed by atoms with Gasteiger partial charge < -0.3 is 15.6 Å². The minimum atomic E-state index is -0.0667. The summed E-state index contributed by atoms with van der Waals surface area (Å²) in [6.45, 7) is 7.20. The summed E-state index contributed by atoms with van der Waals surface area (Å²) in [5, 5.41) is 9.48. The minimum Gasteiger partial charge on any atom is -0.354 e. The maximum Gasteiger partial charge on any atom is 0.263 e. The minimum absolute atomic E-state index is 0.0667. The van der Waals surface area contributed by atoms with Gasteiger partial charge in [0.2, 0.25) is 0 Å². The highest BCUT2D eigenvalue weighted by Gasteiger charge is 2.15. The van der Waals surface area contributed by atoms with Gasteiger partial charge in [0.05, 0.1) is 11.4 Å². The monoisotopic (exact) mass is 509 g/mol. The molecule has 0 saturated heterocycles. The summed E-state index contributed by atoms with van der Waals surface area (Å²) in [4.78, 5) is 23.7. The summed E-state index contributed by atoms with van der Waals surface area (Å²) in [7, 11) is 0. The average molecular weight is 510 g/mol. The van der Waals surface area contributed by atoms with E-state index in [9.17, 15) is 4.79 Å². The van der Waals surface area contributed by atoms with E-state index >= 15 is 0 Å². The maximum absolute atomic E-state index is 13.1. The number of pyridine rings is 1. The van der Waals surface area contributed by atoms with Gasteiger partial charge in [-0.1, -0.05) is 59.7 Å². The number of amides is 1. The summed E-state index contributed by atoms with van der Waals surface area (Å²) < 4.78 is 0. The highest BCUT2D eigenvalue weighted by atomic mass is 32.1. The molecule has 188 valence electrons. The van der Waals surface area contributed by atoms with Crippen LogP contribution in [-0.2, 0) is 13.1 Å². The number of aromatic amines is 1. The molecule has 0 aliphatic rings. The number of hydrogen-bond acceptors (Lipinski definition) is 5. The van der Waals surface area contributed by atoms with Gasteiger partial charge in [-0.05, 0) is 48.6 Å². The van der Waals surface area contributed by atoms with Gasteiger partial charge in [-0.15, -0.1) is 11.3 Å². The molecule has 0 saturated carbocycles. The average Bonchev–Trinajstić information content (AvgIpc) is 3.54. The van der Waals surface area contributed by atoms with Crippen molar-refractivity contribution in [3.63, 3.8) is 0 Å². The molecule has 37 heavy (non-hydrogen) atoms. The number of carbonyl (C=O) groups is 1. The second-order valence-electron chi connectivity index (χ2n) is 9.33. The van der Waals surface area contributed by atoms with Crippen LogP contribution in [0, 0.1) is 13.8 Å². The van der Waals surface area contributed by atoms with E-state index in [2.05, 4.69) is 87.9 Å². The van der Waals surface area contributed by atoms with Gasteiger partial charge >= 0.3 is 0 Å². The molecular weight excluding hydrogens is 478 g/mol. The first-order valence-electron chi connectivity index (χ1n) is 12.4. The molecule has 0 bridgehead atoms. The number of hydrogen-bond donors (Lipinski definition) is 3. The first-order valence-corrected chi connectivity index (χ1v) is 13.3. The Labute approximate surface area is 221 Å². The number of aromatic nitrogens is 2. The number of aryl methyl sites for hydroxylation is 2. The third-order valence-corrected chi connectivity index (χ3v) is 7.21. The molecule has 1 amide bonds. The zero-order valence-electron chi connectivity index (χ0n) is 21.1. The molecule has 6 nitrogen and oxygen atoms in total. The quantitative estimate of drug-likeness (QED) is 0.203. The Kier molecular flexibility index (Phi) is 7.63. The molecule has 0 fully saturated rings. The van der Waals surface area contributed by atoms with E-state index in [1.807, 2.05) is 29.8 Å². The molecule has 0 aliphatic carbocycles. The Balaban J connectivity index is 1.24. The Morgan fingerprint density at radius 1 is 0.946 bits per heavy atom. The van der Waals surface area contributed by atoms with Crippen LogP contribution in [0.2, 0.25) is 0 Å². The Morgan fingerprint density at radius 3 is 2.38 bits per heavy atom. The van der Waals surface area contributed by atoms with Crippen molar-refractivity contribution in [3.05, 3.63) is 112 Å². The van der Waals surface area contributed by atoms with E-state index in [4.69, 9.17) is 0 Å². The van der Waals surface area contributed by atoms with Gasteiger partial charge in [0.25, 0.3) is 5.91 Å². The van der Waals surface area contributed by atoms with Gasteiger partial charge in [-0.3, -0.25) is 9.69 Å². The standard InChI is InChI=1S/C30H31N5OS/c1-21-5-3-7-23(17-21)19-35(20-24-8-4-6-22(2)18-24)15-14-33-30(36)28-27(11-16-37-28)34-26-10-13-32-29-25(26)9-12-31-29/h3-13,16-18H,14-15,19-20H2,1-2H3,(H,33,36)(H2,31,32,34). The van der Waals surface area contributed by atoms with Gasteiger partial charge in [-0.25, -0.2) is 4.98 Å². The van der Waals surface area contributed by atoms with Crippen molar-refractivity contribution in [3.8, 4) is 0 Å². The van der Waals surface area contributed by atoms with E-state index < -0.39 is 0 Å². The molecule has 0 atom stereocenters. The normalized spacial score (nSPS) is 11.2. The molecular formula is C30H31N5OS. The highest BCUT2D eigenvalue weighted by molar-refractivity contribution is 7.12. The Hall–Kier alpha value is -3.94. The number of thiophene rings is 1. The van der Waals surface area contributed by atoms with Crippen LogP contribution >= 0.6 is 11.3 Å². The van der Waals surface area contributed by atoms with Crippen molar-refractivity contribution in [2.75, 3.05) is 18.4 Å². The van der Waals surface area contributed by atoms with E-state index in [1.54, 1.807) is 6.20 Å². The number of anilines is 2. The molecule has 0 unspecified atom stereocenters. The SMILES string of the molecule is Cc1cccc(CN(CCNC(=O)c2sccc2Nc2ccnc3[nH]ccc23)Cc2cccc(C)c2)c1. The molecule has 0 spiro atoms. The predicted octanol–water partition coefficient (Wildman–Crippen LogP) is 6.42. The number of H-pyrrole nitrogens is 1. The van der Waals surface area contributed by atoms with Crippen LogP contribution in [0.25, 0.3) is 11.0 Å². The topological polar surface area (TPSA) is 73.1 Å². The zero-order valence-corrected chi connectivity index (χ0v) is 21.9. The smallest absolute Gasteiger partial charge is 0.263 e. The van der Waals surface area contributed by atoms with Crippen molar-refractivity contribution >= 4 is 39.7 Å². The second kappa shape index (κ2) is 11.4. The van der Waals surface area contributed by atoms with Gasteiger partial charge in [-0.2, -0.15) is 0 Å². The van der Waals surface area contributed by atoms with Crippen LogP contribution in [0.15, 0.2) is 84.5 Å². The van der Waals surface area contributed by atoms with Crippen molar-refractivity contribution in [2.24, 2.45) is 0 Å². The van der Waals surface area contributed by atoms with Crippen LogP contribution in [0.4, 0.5) is 11.4 Å². The first kappa shape index (κ1) is 24.7. The van der Waals surface area contributed by atoms with Gasteiger partial charge in [0, 0.05) is 44.0 Å². The van der Waals surface area contributed by atoms with Crippen molar-refractivity contribution < 1.29 is 4.79 Å². The molecule has 2 aromatic carbocycles. The summed E-state index contributed by atoms with van der Waals surface area (Å²) in [6.07, 6.45) is 3.62.